The van der Waals surface area contributed by atoms with E-state index in [1.54, 1.807) is 29.9 Å². The summed E-state index contributed by atoms with van der Waals surface area (Å²) in [4.78, 5) is 31.0. The van der Waals surface area contributed by atoms with Gasteiger partial charge in [0, 0.05) is 25.0 Å². The molecule has 0 bridgehead atoms. The number of benzene rings is 3. The summed E-state index contributed by atoms with van der Waals surface area (Å²) < 4.78 is 6.67. The maximum Gasteiger partial charge on any atom is 0.266 e. The minimum Gasteiger partial charge on any atom is -0.383 e. The summed E-state index contributed by atoms with van der Waals surface area (Å²) in [6.45, 7) is 4.87. The third-order valence-corrected chi connectivity index (χ3v) is 6.38. The third kappa shape index (κ3) is 5.38. The zero-order valence-corrected chi connectivity index (χ0v) is 20.3. The summed E-state index contributed by atoms with van der Waals surface area (Å²) in [7, 11) is 1.58. The smallest absolute Gasteiger partial charge is 0.266 e. The molecule has 1 amide bonds. The number of hydrogen-bond donors (Lipinski definition) is 1. The van der Waals surface area contributed by atoms with E-state index in [2.05, 4.69) is 23.5 Å². The molecule has 7 heteroatoms. The summed E-state index contributed by atoms with van der Waals surface area (Å²) in [5, 5.41) is 3.87. The van der Waals surface area contributed by atoms with Crippen molar-refractivity contribution in [1.82, 2.24) is 14.9 Å². The van der Waals surface area contributed by atoms with Crippen LogP contribution in [0.5, 0.6) is 0 Å². The predicted octanol–water partition coefficient (Wildman–Crippen LogP) is 4.67. The summed E-state index contributed by atoms with van der Waals surface area (Å²) in [5.74, 6) is 0.443. The molecule has 1 heterocycles. The monoisotopic (exact) mass is 473 g/mol. The Labute approximate surface area is 203 Å². The molecule has 174 valence electrons. The zero-order chi connectivity index (χ0) is 24.1. The number of carbonyl (C=O) groups is 1. The molecule has 0 aliphatic rings. The molecule has 0 unspecified atom stereocenters. The van der Waals surface area contributed by atoms with E-state index < -0.39 is 0 Å². The van der Waals surface area contributed by atoms with Crippen molar-refractivity contribution < 1.29 is 9.53 Å². The molecular formula is C27H27N3O3S. The minimum atomic E-state index is -0.224. The number of nitrogens with zero attached hydrogens (tertiary/aromatic N) is 2. The van der Waals surface area contributed by atoms with Crippen LogP contribution in [-0.2, 0) is 10.5 Å². The summed E-state index contributed by atoms with van der Waals surface area (Å²) in [5.41, 5.74) is 4.87. The Morgan fingerprint density at radius 1 is 1.03 bits per heavy atom. The van der Waals surface area contributed by atoms with Crippen LogP contribution in [-0.4, -0.2) is 35.7 Å². The van der Waals surface area contributed by atoms with Crippen molar-refractivity contribution in [2.24, 2.45) is 0 Å². The second kappa shape index (κ2) is 10.7. The number of carbonyl (C=O) groups excluding carboxylic acids is 1. The average Bonchev–Trinajstić information content (AvgIpc) is 2.82. The van der Waals surface area contributed by atoms with Gasteiger partial charge in [0.25, 0.3) is 11.5 Å². The molecule has 0 atom stereocenters. The van der Waals surface area contributed by atoms with Crippen LogP contribution >= 0.6 is 11.8 Å². The van der Waals surface area contributed by atoms with E-state index in [1.807, 2.05) is 44.2 Å². The van der Waals surface area contributed by atoms with Crippen LogP contribution < -0.4 is 10.9 Å². The Bertz CT molecular complexity index is 1360. The van der Waals surface area contributed by atoms with Gasteiger partial charge in [-0.05, 0) is 60.9 Å². The molecule has 0 fully saturated rings. The van der Waals surface area contributed by atoms with Crippen molar-refractivity contribution in [3.05, 3.63) is 99.3 Å². The number of aryl methyl sites for hydroxylation is 2. The van der Waals surface area contributed by atoms with E-state index in [1.165, 1.54) is 11.8 Å². The molecule has 6 nitrogen and oxygen atoms in total. The van der Waals surface area contributed by atoms with Crippen LogP contribution in [0, 0.1) is 13.8 Å². The molecule has 4 rings (SSSR count). The van der Waals surface area contributed by atoms with Gasteiger partial charge in [-0.25, -0.2) is 4.98 Å². The Hall–Kier alpha value is -3.42. The van der Waals surface area contributed by atoms with Gasteiger partial charge in [-0.2, -0.15) is 0 Å². The summed E-state index contributed by atoms with van der Waals surface area (Å²) >= 11 is 1.50. The fourth-order valence-electron chi connectivity index (χ4n) is 3.80. The third-order valence-electron chi connectivity index (χ3n) is 5.37. The molecule has 0 radical (unpaired) electrons. The number of rotatable bonds is 8. The van der Waals surface area contributed by atoms with Gasteiger partial charge >= 0.3 is 0 Å². The van der Waals surface area contributed by atoms with Crippen molar-refractivity contribution in [1.29, 1.82) is 0 Å². The molecule has 34 heavy (non-hydrogen) atoms. The number of thioether (sulfide) groups is 1. The van der Waals surface area contributed by atoms with Crippen molar-refractivity contribution >= 4 is 28.6 Å². The molecule has 1 N–H and O–H groups in total. The Morgan fingerprint density at radius 2 is 1.76 bits per heavy atom. The van der Waals surface area contributed by atoms with Gasteiger partial charge in [0.1, 0.15) is 0 Å². The van der Waals surface area contributed by atoms with Crippen molar-refractivity contribution in [3.63, 3.8) is 0 Å². The number of fused-ring (bicyclic) bond motifs is 1. The number of nitrogens with one attached hydrogen (secondary N) is 1. The first-order valence-electron chi connectivity index (χ1n) is 11.1. The normalized spacial score (nSPS) is 11.0. The van der Waals surface area contributed by atoms with Crippen molar-refractivity contribution in [3.8, 4) is 5.69 Å². The van der Waals surface area contributed by atoms with Gasteiger partial charge in [0.2, 0.25) is 0 Å². The number of ether oxygens (including phenoxy) is 1. The summed E-state index contributed by atoms with van der Waals surface area (Å²) in [6, 6.07) is 21.2. The number of aromatic nitrogens is 2. The van der Waals surface area contributed by atoms with Crippen LogP contribution in [0.4, 0.5) is 0 Å². The molecule has 0 spiro atoms. The summed E-state index contributed by atoms with van der Waals surface area (Å²) in [6.07, 6.45) is 0. The highest BCUT2D eigenvalue weighted by molar-refractivity contribution is 7.98. The highest BCUT2D eigenvalue weighted by Crippen LogP contribution is 2.26. The first-order valence-corrected chi connectivity index (χ1v) is 12.0. The van der Waals surface area contributed by atoms with Crippen molar-refractivity contribution in [2.75, 3.05) is 20.3 Å². The second-order valence-corrected chi connectivity index (χ2v) is 9.08. The SMILES string of the molecule is COCCNC(=O)c1ccc2c(=O)n(-c3cc(C)cc(C)c3)c(SCc3ccccc3)nc2c1. The fourth-order valence-corrected chi connectivity index (χ4v) is 4.77. The van der Waals surface area contributed by atoms with Crippen LogP contribution in [0.15, 0.2) is 76.7 Å². The first kappa shape index (κ1) is 23.7. The molecular weight excluding hydrogens is 446 g/mol. The van der Waals surface area contributed by atoms with Gasteiger partial charge in [0.15, 0.2) is 5.16 Å². The number of methoxy groups -OCH3 is 1. The van der Waals surface area contributed by atoms with Gasteiger partial charge in [-0.3, -0.25) is 14.2 Å². The lowest BCUT2D eigenvalue weighted by atomic mass is 10.1. The molecule has 3 aromatic carbocycles. The molecule has 4 aromatic rings. The lowest BCUT2D eigenvalue weighted by molar-refractivity contribution is 0.0937. The zero-order valence-electron chi connectivity index (χ0n) is 19.5. The van der Waals surface area contributed by atoms with E-state index in [0.717, 1.165) is 22.4 Å². The van der Waals surface area contributed by atoms with Crippen molar-refractivity contribution in [2.45, 2.75) is 24.8 Å². The van der Waals surface area contributed by atoms with Crippen LogP contribution in [0.25, 0.3) is 16.6 Å². The average molecular weight is 474 g/mol. The molecule has 0 saturated carbocycles. The maximum absolute atomic E-state index is 13.7. The highest BCUT2D eigenvalue weighted by atomic mass is 32.2. The van der Waals surface area contributed by atoms with E-state index in [4.69, 9.17) is 9.72 Å². The number of amides is 1. The Balaban J connectivity index is 1.81. The van der Waals surface area contributed by atoms with Crippen LogP contribution in [0.2, 0.25) is 0 Å². The fraction of sp³-hybridized carbons (Fsp3) is 0.222. The maximum atomic E-state index is 13.7. The van der Waals surface area contributed by atoms with E-state index in [-0.39, 0.29) is 11.5 Å². The lowest BCUT2D eigenvalue weighted by Crippen LogP contribution is -2.27. The molecule has 0 aliphatic heterocycles. The van der Waals surface area contributed by atoms with Gasteiger partial charge < -0.3 is 10.1 Å². The second-order valence-electron chi connectivity index (χ2n) is 8.14. The topological polar surface area (TPSA) is 73.2 Å². The molecule has 0 saturated heterocycles. The quantitative estimate of drug-likeness (QED) is 0.229. The van der Waals surface area contributed by atoms with E-state index in [0.29, 0.717) is 40.5 Å². The first-order chi connectivity index (χ1) is 16.5. The Kier molecular flexibility index (Phi) is 7.45. The van der Waals surface area contributed by atoms with E-state index >= 15 is 0 Å². The van der Waals surface area contributed by atoms with Crippen LogP contribution in [0.3, 0.4) is 0 Å². The standard InChI is InChI=1S/C27H27N3O3S/c1-18-13-19(2)15-22(14-18)30-26(32)23-10-9-21(25(31)28-11-12-33-3)16-24(23)29-27(30)34-17-20-7-5-4-6-8-20/h4-10,13-16H,11-12,17H2,1-3H3,(H,28,31). The minimum absolute atomic E-state index is 0.156. The molecule has 1 aromatic heterocycles. The van der Waals surface area contributed by atoms with Gasteiger partial charge in [-0.1, -0.05) is 48.2 Å². The van der Waals surface area contributed by atoms with Gasteiger partial charge in [-0.15, -0.1) is 0 Å². The largest absolute Gasteiger partial charge is 0.383 e. The van der Waals surface area contributed by atoms with E-state index in [9.17, 15) is 9.59 Å². The predicted molar refractivity (Wildman–Crippen MR) is 137 cm³/mol. The lowest BCUT2D eigenvalue weighted by Gasteiger charge is -2.15. The van der Waals surface area contributed by atoms with Crippen LogP contribution in [0.1, 0.15) is 27.0 Å². The number of hydrogen-bond acceptors (Lipinski definition) is 5. The van der Waals surface area contributed by atoms with Gasteiger partial charge in [0.05, 0.1) is 23.2 Å². The Morgan fingerprint density at radius 3 is 2.47 bits per heavy atom. The highest BCUT2D eigenvalue weighted by Gasteiger charge is 2.16. The molecule has 0 aliphatic carbocycles.